The van der Waals surface area contributed by atoms with Gasteiger partial charge in [0.25, 0.3) is 0 Å². The Hall–Kier alpha value is -1.71. The van der Waals surface area contributed by atoms with Crippen molar-refractivity contribution in [1.82, 2.24) is 0 Å². The van der Waals surface area contributed by atoms with E-state index in [0.717, 1.165) is 11.8 Å². The van der Waals surface area contributed by atoms with Crippen LogP contribution in [-0.4, -0.2) is 27.6 Å². The fraction of sp³-hybridized carbons (Fsp3) is 0.462. The van der Waals surface area contributed by atoms with E-state index in [4.69, 9.17) is 14.2 Å². The van der Waals surface area contributed by atoms with E-state index in [1.807, 2.05) is 13.0 Å². The SMILES string of the molecule is COc1ccc(OC)c(C(C)CC=O)c1OC. The summed E-state index contributed by atoms with van der Waals surface area (Å²) in [7, 11) is 4.76. The molecule has 0 aliphatic carbocycles. The molecular formula is C13H18O4. The van der Waals surface area contributed by atoms with Gasteiger partial charge in [0, 0.05) is 12.0 Å². The Morgan fingerprint density at radius 1 is 1.12 bits per heavy atom. The van der Waals surface area contributed by atoms with E-state index in [0.29, 0.717) is 23.7 Å². The van der Waals surface area contributed by atoms with Crippen LogP contribution in [0.3, 0.4) is 0 Å². The summed E-state index contributed by atoms with van der Waals surface area (Å²) in [4.78, 5) is 10.6. The van der Waals surface area contributed by atoms with E-state index < -0.39 is 0 Å². The van der Waals surface area contributed by atoms with E-state index in [-0.39, 0.29) is 5.92 Å². The molecule has 1 unspecified atom stereocenters. The van der Waals surface area contributed by atoms with Crippen molar-refractivity contribution in [1.29, 1.82) is 0 Å². The molecular weight excluding hydrogens is 220 g/mol. The zero-order valence-corrected chi connectivity index (χ0v) is 10.6. The molecule has 0 fully saturated rings. The zero-order chi connectivity index (χ0) is 12.8. The van der Waals surface area contributed by atoms with Gasteiger partial charge < -0.3 is 19.0 Å². The van der Waals surface area contributed by atoms with Gasteiger partial charge in [0.2, 0.25) is 0 Å². The molecule has 0 aliphatic rings. The lowest BCUT2D eigenvalue weighted by atomic mass is 9.96. The third-order valence-corrected chi connectivity index (χ3v) is 2.71. The van der Waals surface area contributed by atoms with Gasteiger partial charge >= 0.3 is 0 Å². The van der Waals surface area contributed by atoms with Crippen molar-refractivity contribution in [3.8, 4) is 17.2 Å². The molecule has 0 aliphatic heterocycles. The molecule has 94 valence electrons. The molecule has 1 aromatic rings. The van der Waals surface area contributed by atoms with Crippen molar-refractivity contribution < 1.29 is 19.0 Å². The largest absolute Gasteiger partial charge is 0.496 e. The highest BCUT2D eigenvalue weighted by molar-refractivity contribution is 5.59. The van der Waals surface area contributed by atoms with Crippen LogP contribution in [0.1, 0.15) is 24.8 Å². The molecule has 4 heteroatoms. The lowest BCUT2D eigenvalue weighted by molar-refractivity contribution is -0.108. The summed E-state index contributed by atoms with van der Waals surface area (Å²) in [5.74, 6) is 1.99. The molecule has 0 bridgehead atoms. The highest BCUT2D eigenvalue weighted by Gasteiger charge is 2.20. The second kappa shape index (κ2) is 6.13. The molecule has 0 N–H and O–H groups in total. The fourth-order valence-electron chi connectivity index (χ4n) is 1.84. The first-order valence-corrected chi connectivity index (χ1v) is 5.42. The Morgan fingerprint density at radius 2 is 1.71 bits per heavy atom. The summed E-state index contributed by atoms with van der Waals surface area (Å²) in [6.07, 6.45) is 1.31. The molecule has 0 saturated carbocycles. The van der Waals surface area contributed by atoms with Crippen LogP contribution in [0.2, 0.25) is 0 Å². The molecule has 4 nitrogen and oxygen atoms in total. The van der Waals surface area contributed by atoms with Crippen LogP contribution >= 0.6 is 0 Å². The second-order valence-electron chi connectivity index (χ2n) is 3.72. The van der Waals surface area contributed by atoms with Crippen molar-refractivity contribution in [2.45, 2.75) is 19.3 Å². The first-order chi connectivity index (χ1) is 8.19. The van der Waals surface area contributed by atoms with Crippen molar-refractivity contribution in [2.75, 3.05) is 21.3 Å². The van der Waals surface area contributed by atoms with E-state index >= 15 is 0 Å². The number of ether oxygens (including phenoxy) is 3. The Balaban J connectivity index is 3.33. The number of methoxy groups -OCH3 is 3. The van der Waals surface area contributed by atoms with E-state index in [2.05, 4.69) is 0 Å². The van der Waals surface area contributed by atoms with Crippen LogP contribution in [0, 0.1) is 0 Å². The van der Waals surface area contributed by atoms with Gasteiger partial charge in [-0.1, -0.05) is 6.92 Å². The van der Waals surface area contributed by atoms with E-state index in [1.54, 1.807) is 27.4 Å². The Labute approximate surface area is 101 Å². The topological polar surface area (TPSA) is 44.8 Å². The molecule has 0 heterocycles. The minimum absolute atomic E-state index is 0.0208. The van der Waals surface area contributed by atoms with Crippen LogP contribution in [0.25, 0.3) is 0 Å². The summed E-state index contributed by atoms with van der Waals surface area (Å²) >= 11 is 0. The van der Waals surface area contributed by atoms with Crippen molar-refractivity contribution in [3.05, 3.63) is 17.7 Å². The van der Waals surface area contributed by atoms with Crippen LogP contribution in [0.4, 0.5) is 0 Å². The molecule has 0 radical (unpaired) electrons. The maximum absolute atomic E-state index is 10.6. The van der Waals surface area contributed by atoms with Gasteiger partial charge in [-0.2, -0.15) is 0 Å². The molecule has 0 saturated heterocycles. The first-order valence-electron chi connectivity index (χ1n) is 5.42. The number of hydrogen-bond donors (Lipinski definition) is 0. The number of carbonyl (C=O) groups excluding carboxylic acids is 1. The average Bonchev–Trinajstić information content (AvgIpc) is 2.36. The van der Waals surface area contributed by atoms with Crippen LogP contribution in [0.5, 0.6) is 17.2 Å². The normalized spacial score (nSPS) is 11.8. The Morgan fingerprint density at radius 3 is 2.18 bits per heavy atom. The molecule has 0 spiro atoms. The highest BCUT2D eigenvalue weighted by atomic mass is 16.5. The maximum atomic E-state index is 10.6. The maximum Gasteiger partial charge on any atom is 0.167 e. The van der Waals surface area contributed by atoms with Crippen molar-refractivity contribution >= 4 is 6.29 Å². The number of benzene rings is 1. The average molecular weight is 238 g/mol. The quantitative estimate of drug-likeness (QED) is 0.714. The zero-order valence-electron chi connectivity index (χ0n) is 10.6. The molecule has 1 rings (SSSR count). The monoisotopic (exact) mass is 238 g/mol. The number of rotatable bonds is 6. The summed E-state index contributed by atoms with van der Waals surface area (Å²) in [6.45, 7) is 1.95. The summed E-state index contributed by atoms with van der Waals surface area (Å²) in [5, 5.41) is 0. The Bertz CT molecular complexity index is 387. The minimum atomic E-state index is 0.0208. The highest BCUT2D eigenvalue weighted by Crippen LogP contribution is 2.42. The lowest BCUT2D eigenvalue weighted by Gasteiger charge is -2.19. The van der Waals surface area contributed by atoms with Gasteiger partial charge in [-0.05, 0) is 18.1 Å². The van der Waals surface area contributed by atoms with Crippen LogP contribution in [0.15, 0.2) is 12.1 Å². The van der Waals surface area contributed by atoms with Crippen molar-refractivity contribution in [2.24, 2.45) is 0 Å². The fourth-order valence-corrected chi connectivity index (χ4v) is 1.84. The van der Waals surface area contributed by atoms with Gasteiger partial charge in [-0.3, -0.25) is 0 Å². The molecule has 0 amide bonds. The number of carbonyl (C=O) groups is 1. The molecule has 0 aromatic heterocycles. The van der Waals surface area contributed by atoms with Crippen LogP contribution in [-0.2, 0) is 4.79 Å². The Kier molecular flexibility index (Phi) is 4.82. The van der Waals surface area contributed by atoms with E-state index in [1.165, 1.54) is 0 Å². The first kappa shape index (κ1) is 13.4. The summed E-state index contributed by atoms with van der Waals surface area (Å²) in [6, 6.07) is 3.60. The van der Waals surface area contributed by atoms with Gasteiger partial charge in [0.1, 0.15) is 12.0 Å². The predicted molar refractivity (Wildman–Crippen MR) is 65.2 cm³/mol. The molecule has 17 heavy (non-hydrogen) atoms. The lowest BCUT2D eigenvalue weighted by Crippen LogP contribution is -2.03. The van der Waals surface area contributed by atoms with E-state index in [9.17, 15) is 4.79 Å². The third kappa shape index (κ3) is 2.70. The minimum Gasteiger partial charge on any atom is -0.496 e. The number of aldehydes is 1. The third-order valence-electron chi connectivity index (χ3n) is 2.71. The van der Waals surface area contributed by atoms with Gasteiger partial charge in [-0.15, -0.1) is 0 Å². The summed E-state index contributed by atoms with van der Waals surface area (Å²) < 4.78 is 15.9. The van der Waals surface area contributed by atoms with Crippen molar-refractivity contribution in [3.63, 3.8) is 0 Å². The predicted octanol–water partition coefficient (Wildman–Crippen LogP) is 2.40. The smallest absolute Gasteiger partial charge is 0.167 e. The second-order valence-corrected chi connectivity index (χ2v) is 3.72. The van der Waals surface area contributed by atoms with Gasteiger partial charge in [0.05, 0.1) is 21.3 Å². The standard InChI is InChI=1S/C13H18O4/c1-9(7-8-14)12-10(15-2)5-6-11(16-3)13(12)17-4/h5-6,8-9H,7H2,1-4H3. The van der Waals surface area contributed by atoms with Gasteiger partial charge in [-0.25, -0.2) is 0 Å². The molecule has 1 aromatic carbocycles. The number of hydrogen-bond acceptors (Lipinski definition) is 4. The van der Waals surface area contributed by atoms with Gasteiger partial charge in [0.15, 0.2) is 11.5 Å². The van der Waals surface area contributed by atoms with Crippen LogP contribution < -0.4 is 14.2 Å². The summed E-state index contributed by atoms with van der Waals surface area (Å²) in [5.41, 5.74) is 0.862. The molecule has 1 atom stereocenters.